The van der Waals surface area contributed by atoms with Crippen molar-refractivity contribution in [3.8, 4) is 0 Å². The molecule has 0 radical (unpaired) electrons. The lowest BCUT2D eigenvalue weighted by Gasteiger charge is -2.11. The molecule has 0 aliphatic carbocycles. The molecule has 0 amide bonds. The molecule has 14 heavy (non-hydrogen) atoms. The monoisotopic (exact) mass is 213 g/mol. The predicted octanol–water partition coefficient (Wildman–Crippen LogP) is 2.13. The van der Waals surface area contributed by atoms with Crippen molar-refractivity contribution in [1.82, 2.24) is 4.98 Å². The summed E-state index contributed by atoms with van der Waals surface area (Å²) in [6.07, 6.45) is 2.66. The minimum Gasteiger partial charge on any atom is -0.370 e. The second-order valence-electron chi connectivity index (χ2n) is 3.43. The number of anilines is 1. The maximum atomic E-state index is 5.72. The molecule has 0 bridgehead atoms. The Morgan fingerprint density at radius 2 is 2.36 bits per heavy atom. The zero-order chi connectivity index (χ0) is 10.4. The van der Waals surface area contributed by atoms with Crippen LogP contribution in [-0.2, 0) is 0 Å². The summed E-state index contributed by atoms with van der Waals surface area (Å²) in [4.78, 5) is 4.14. The Hall–Kier alpha value is -0.800. The molecule has 1 atom stereocenters. The molecule has 1 heterocycles. The van der Waals surface area contributed by atoms with E-state index in [1.165, 1.54) is 0 Å². The fourth-order valence-electron chi connectivity index (χ4n) is 1.15. The minimum absolute atomic E-state index is 0.567. The predicted molar refractivity (Wildman–Crippen MR) is 60.6 cm³/mol. The molecule has 0 saturated carbocycles. The number of halogens is 1. The van der Waals surface area contributed by atoms with Crippen LogP contribution in [0.4, 0.5) is 5.82 Å². The van der Waals surface area contributed by atoms with Crippen LogP contribution < -0.4 is 11.1 Å². The van der Waals surface area contributed by atoms with Gasteiger partial charge in [0.15, 0.2) is 0 Å². The fourth-order valence-corrected chi connectivity index (χ4v) is 1.26. The van der Waals surface area contributed by atoms with Gasteiger partial charge in [-0.05, 0) is 31.0 Å². The second-order valence-corrected chi connectivity index (χ2v) is 3.86. The summed E-state index contributed by atoms with van der Waals surface area (Å²) in [7, 11) is 0. The van der Waals surface area contributed by atoms with Gasteiger partial charge in [-0.3, -0.25) is 0 Å². The second kappa shape index (κ2) is 5.83. The van der Waals surface area contributed by atoms with Crippen LogP contribution in [0.2, 0.25) is 5.02 Å². The zero-order valence-corrected chi connectivity index (χ0v) is 9.09. The van der Waals surface area contributed by atoms with E-state index in [-0.39, 0.29) is 0 Å². The number of hydrogen-bond donors (Lipinski definition) is 2. The Balaban J connectivity index is 2.34. The van der Waals surface area contributed by atoms with Crippen LogP contribution in [0.15, 0.2) is 18.3 Å². The zero-order valence-electron chi connectivity index (χ0n) is 8.33. The summed E-state index contributed by atoms with van der Waals surface area (Å²) >= 11 is 5.72. The summed E-state index contributed by atoms with van der Waals surface area (Å²) < 4.78 is 0. The van der Waals surface area contributed by atoms with E-state index in [0.717, 1.165) is 25.3 Å². The summed E-state index contributed by atoms with van der Waals surface area (Å²) in [5.74, 6) is 1.43. The van der Waals surface area contributed by atoms with Crippen LogP contribution in [0.5, 0.6) is 0 Å². The smallest absolute Gasteiger partial charge is 0.125 e. The summed E-state index contributed by atoms with van der Waals surface area (Å²) in [5.41, 5.74) is 5.46. The van der Waals surface area contributed by atoms with E-state index in [9.17, 15) is 0 Å². The highest BCUT2D eigenvalue weighted by Gasteiger charge is 2.00. The molecule has 78 valence electrons. The van der Waals surface area contributed by atoms with Gasteiger partial charge in [0.2, 0.25) is 0 Å². The van der Waals surface area contributed by atoms with Gasteiger partial charge in [0.25, 0.3) is 0 Å². The summed E-state index contributed by atoms with van der Waals surface area (Å²) in [6.45, 7) is 3.79. The average Bonchev–Trinajstić information content (AvgIpc) is 2.17. The quantitative estimate of drug-likeness (QED) is 0.788. The standard InChI is InChI=1S/C10H16ClN3/c1-8(4-5-12)6-13-10-3-2-9(11)7-14-10/h2-3,7-8H,4-6,12H2,1H3,(H,13,14). The maximum Gasteiger partial charge on any atom is 0.125 e. The molecule has 1 aromatic heterocycles. The van der Waals surface area contributed by atoms with Crippen LogP contribution in [0.3, 0.4) is 0 Å². The lowest BCUT2D eigenvalue weighted by atomic mass is 10.1. The Morgan fingerprint density at radius 3 is 2.93 bits per heavy atom. The van der Waals surface area contributed by atoms with E-state index >= 15 is 0 Å². The van der Waals surface area contributed by atoms with Crippen LogP contribution in [0, 0.1) is 5.92 Å². The molecule has 3 nitrogen and oxygen atoms in total. The number of nitrogens with zero attached hydrogens (tertiary/aromatic N) is 1. The van der Waals surface area contributed by atoms with Gasteiger partial charge >= 0.3 is 0 Å². The Labute approximate surface area is 89.7 Å². The number of nitrogens with two attached hydrogens (primary N) is 1. The first-order valence-electron chi connectivity index (χ1n) is 4.78. The third-order valence-corrected chi connectivity index (χ3v) is 2.24. The number of hydrogen-bond acceptors (Lipinski definition) is 3. The average molecular weight is 214 g/mol. The topological polar surface area (TPSA) is 50.9 Å². The highest BCUT2D eigenvalue weighted by Crippen LogP contribution is 2.10. The first-order valence-corrected chi connectivity index (χ1v) is 5.15. The minimum atomic E-state index is 0.567. The maximum absolute atomic E-state index is 5.72. The molecule has 1 rings (SSSR count). The van der Waals surface area contributed by atoms with E-state index in [1.54, 1.807) is 6.20 Å². The lowest BCUT2D eigenvalue weighted by molar-refractivity contribution is 0.567. The Bertz CT molecular complexity index is 261. The number of aromatic nitrogens is 1. The van der Waals surface area contributed by atoms with Gasteiger partial charge in [-0.15, -0.1) is 0 Å². The summed E-state index contributed by atoms with van der Waals surface area (Å²) in [6, 6.07) is 3.70. The number of nitrogens with one attached hydrogen (secondary N) is 1. The van der Waals surface area contributed by atoms with Crippen LogP contribution in [0.25, 0.3) is 0 Å². The van der Waals surface area contributed by atoms with Gasteiger partial charge in [0.05, 0.1) is 5.02 Å². The Kier molecular flexibility index (Phi) is 4.70. The van der Waals surface area contributed by atoms with Gasteiger partial charge in [-0.25, -0.2) is 4.98 Å². The van der Waals surface area contributed by atoms with E-state index in [2.05, 4.69) is 17.2 Å². The highest BCUT2D eigenvalue weighted by atomic mass is 35.5. The van der Waals surface area contributed by atoms with E-state index < -0.39 is 0 Å². The van der Waals surface area contributed by atoms with Gasteiger partial charge in [0, 0.05) is 12.7 Å². The molecule has 0 spiro atoms. The third-order valence-electron chi connectivity index (χ3n) is 2.02. The third kappa shape index (κ3) is 3.94. The normalized spacial score (nSPS) is 12.5. The van der Waals surface area contributed by atoms with Crippen molar-refractivity contribution in [2.45, 2.75) is 13.3 Å². The van der Waals surface area contributed by atoms with Crippen LogP contribution in [0.1, 0.15) is 13.3 Å². The molecule has 3 N–H and O–H groups in total. The fraction of sp³-hybridized carbons (Fsp3) is 0.500. The largest absolute Gasteiger partial charge is 0.370 e. The molecular formula is C10H16ClN3. The van der Waals surface area contributed by atoms with Crippen molar-refractivity contribution in [3.63, 3.8) is 0 Å². The molecule has 0 fully saturated rings. The number of pyridine rings is 1. The van der Waals surface area contributed by atoms with Crippen LogP contribution in [-0.4, -0.2) is 18.1 Å². The molecule has 1 aromatic rings. The Morgan fingerprint density at radius 1 is 1.57 bits per heavy atom. The van der Waals surface area contributed by atoms with Gasteiger partial charge in [-0.2, -0.15) is 0 Å². The molecule has 1 unspecified atom stereocenters. The van der Waals surface area contributed by atoms with E-state index in [1.807, 2.05) is 12.1 Å². The van der Waals surface area contributed by atoms with Crippen molar-refractivity contribution >= 4 is 17.4 Å². The number of rotatable bonds is 5. The van der Waals surface area contributed by atoms with Gasteiger partial charge in [0.1, 0.15) is 5.82 Å². The molecule has 0 aromatic carbocycles. The first kappa shape index (κ1) is 11.3. The molecule has 0 aliphatic heterocycles. The van der Waals surface area contributed by atoms with E-state index in [0.29, 0.717) is 10.9 Å². The lowest BCUT2D eigenvalue weighted by Crippen LogP contribution is -2.15. The van der Waals surface area contributed by atoms with Crippen LogP contribution >= 0.6 is 11.6 Å². The van der Waals surface area contributed by atoms with Gasteiger partial charge in [-0.1, -0.05) is 18.5 Å². The first-order chi connectivity index (χ1) is 6.72. The molecule has 0 aliphatic rings. The summed E-state index contributed by atoms with van der Waals surface area (Å²) in [5, 5.41) is 3.89. The van der Waals surface area contributed by atoms with E-state index in [4.69, 9.17) is 17.3 Å². The highest BCUT2D eigenvalue weighted by molar-refractivity contribution is 6.30. The van der Waals surface area contributed by atoms with Crippen molar-refractivity contribution in [2.24, 2.45) is 11.7 Å². The van der Waals surface area contributed by atoms with Crippen molar-refractivity contribution in [2.75, 3.05) is 18.4 Å². The van der Waals surface area contributed by atoms with Crippen molar-refractivity contribution in [3.05, 3.63) is 23.4 Å². The molecule has 0 saturated heterocycles. The SMILES string of the molecule is CC(CCN)CNc1ccc(Cl)cn1. The van der Waals surface area contributed by atoms with Crippen molar-refractivity contribution < 1.29 is 0 Å². The van der Waals surface area contributed by atoms with Crippen molar-refractivity contribution in [1.29, 1.82) is 0 Å². The van der Waals surface area contributed by atoms with Gasteiger partial charge < -0.3 is 11.1 Å². The molecule has 4 heteroatoms. The molecular weight excluding hydrogens is 198 g/mol.